The van der Waals surface area contributed by atoms with Crippen LogP contribution in [0.3, 0.4) is 0 Å². The summed E-state index contributed by atoms with van der Waals surface area (Å²) in [6, 6.07) is 97.3. The molecule has 0 radical (unpaired) electrons. The van der Waals surface area contributed by atoms with Crippen molar-refractivity contribution in [2.45, 2.75) is 0 Å². The van der Waals surface area contributed by atoms with Crippen LogP contribution in [-0.4, -0.2) is 0 Å². The van der Waals surface area contributed by atoms with E-state index in [1.54, 1.807) is 0 Å². The number of rotatable bonds is 9. The molecular formula is C54H49ClP3Ru+. The normalized spacial score (nSPS) is 10.2. The molecule has 0 aliphatic heterocycles. The van der Waals surface area contributed by atoms with Crippen molar-refractivity contribution in [1.29, 1.82) is 0 Å². The Morgan fingerprint density at radius 2 is 0.356 bits per heavy atom. The molecule has 0 bridgehead atoms. The Balaban J connectivity index is 0.000000194. The Kier molecular flexibility index (Phi) is 19.1. The number of halogens is 1. The van der Waals surface area contributed by atoms with Gasteiger partial charge in [-0.3, -0.25) is 0 Å². The molecule has 0 amide bonds. The van der Waals surface area contributed by atoms with E-state index < -0.39 is 23.8 Å². The van der Waals surface area contributed by atoms with Gasteiger partial charge in [0.2, 0.25) is 0 Å². The quantitative estimate of drug-likeness (QED) is 0.1000. The van der Waals surface area contributed by atoms with Gasteiger partial charge in [0, 0.05) is 19.5 Å². The maximum atomic E-state index is 2.24. The molecule has 9 aromatic rings. The van der Waals surface area contributed by atoms with Crippen LogP contribution >= 0.6 is 36.2 Å². The van der Waals surface area contributed by atoms with E-state index in [1.165, 1.54) is 47.7 Å². The summed E-state index contributed by atoms with van der Waals surface area (Å²) in [5, 5.41) is 12.8. The third-order valence-electron chi connectivity index (χ3n) is 9.42. The summed E-state index contributed by atoms with van der Waals surface area (Å²) in [7, 11) is -2.20. The fraction of sp³-hybridized carbons (Fsp3) is 0. The minimum absolute atomic E-state index is 0. The Morgan fingerprint density at radius 1 is 0.220 bits per heavy atom. The molecule has 9 rings (SSSR count). The fourth-order valence-electron chi connectivity index (χ4n) is 6.81. The van der Waals surface area contributed by atoms with Gasteiger partial charge < -0.3 is 1.43 Å². The Bertz CT molecular complexity index is 1870. The van der Waals surface area contributed by atoms with Gasteiger partial charge in [-0.05, 0) is 96.6 Å². The summed E-state index contributed by atoms with van der Waals surface area (Å²) in [4.78, 5) is 0. The Hall–Kier alpha value is -4.82. The predicted octanol–water partition coefficient (Wildman–Crippen LogP) is 10.3. The number of benzene rings is 9. The molecular weight excluding hydrogens is 878 g/mol. The van der Waals surface area contributed by atoms with Crippen molar-refractivity contribution in [2.24, 2.45) is 0 Å². The zero-order chi connectivity index (χ0) is 38.7. The van der Waals surface area contributed by atoms with E-state index in [0.717, 1.165) is 0 Å². The molecule has 0 aliphatic carbocycles. The SMILES string of the molecule is Cl.[H-].[Ru].c1ccc(P(c2ccccc2)c2ccccc2)cc1.c1ccc([PH+](c2ccccc2)c2ccccc2)cc1.c1ccc([PH+](c2ccccc2)c2ccccc2)cc1. The van der Waals surface area contributed by atoms with E-state index in [4.69, 9.17) is 0 Å². The molecule has 0 saturated heterocycles. The largest absolute Gasteiger partial charge is 1.00 e. The first-order valence-corrected chi connectivity index (χ1v) is 23.7. The molecule has 0 aliphatic rings. The van der Waals surface area contributed by atoms with E-state index in [1.807, 2.05) is 0 Å². The van der Waals surface area contributed by atoms with Crippen molar-refractivity contribution in [1.82, 2.24) is 0 Å². The molecule has 0 spiro atoms. The minimum atomic E-state index is -0.877. The molecule has 0 N–H and O–H groups in total. The van der Waals surface area contributed by atoms with Gasteiger partial charge in [-0.1, -0.05) is 200 Å². The summed E-state index contributed by atoms with van der Waals surface area (Å²) in [5.41, 5.74) is 0. The van der Waals surface area contributed by atoms with Crippen LogP contribution in [0.1, 0.15) is 1.43 Å². The van der Waals surface area contributed by atoms with Crippen molar-refractivity contribution >= 4 is 83.9 Å². The molecule has 0 fully saturated rings. The first-order valence-electron chi connectivity index (χ1n) is 19.4. The number of hydrogen-bond acceptors (Lipinski definition) is 0. The molecule has 0 heterocycles. The van der Waals surface area contributed by atoms with Crippen LogP contribution in [-0.2, 0) is 19.5 Å². The third-order valence-corrected chi connectivity index (χ3v) is 17.3. The van der Waals surface area contributed by atoms with Gasteiger partial charge in [-0.2, -0.15) is 0 Å². The van der Waals surface area contributed by atoms with Crippen LogP contribution in [0.2, 0.25) is 0 Å². The van der Waals surface area contributed by atoms with E-state index in [0.29, 0.717) is 0 Å². The van der Waals surface area contributed by atoms with E-state index in [9.17, 15) is 0 Å². The summed E-state index contributed by atoms with van der Waals surface area (Å²) < 4.78 is 0. The summed E-state index contributed by atoms with van der Waals surface area (Å²) in [6.45, 7) is 0. The Morgan fingerprint density at radius 3 is 0.508 bits per heavy atom. The van der Waals surface area contributed by atoms with Gasteiger partial charge in [-0.25, -0.2) is 0 Å². The summed E-state index contributed by atoms with van der Waals surface area (Å²) in [6.07, 6.45) is 0. The average Bonchev–Trinajstić information content (AvgIpc) is 3.30. The monoisotopic (exact) mass is 927 g/mol. The molecule has 294 valence electrons. The van der Waals surface area contributed by atoms with Crippen LogP contribution in [0, 0.1) is 0 Å². The minimum Gasteiger partial charge on any atom is -1.00 e. The molecule has 0 saturated carbocycles. The summed E-state index contributed by atoms with van der Waals surface area (Å²) in [5.74, 6) is 0. The van der Waals surface area contributed by atoms with E-state index in [2.05, 4.69) is 273 Å². The van der Waals surface area contributed by atoms with E-state index >= 15 is 0 Å². The maximum absolute atomic E-state index is 2.24. The Labute approximate surface area is 375 Å². The van der Waals surface area contributed by atoms with Crippen molar-refractivity contribution in [3.63, 3.8) is 0 Å². The van der Waals surface area contributed by atoms with Gasteiger partial charge in [-0.15, -0.1) is 12.4 Å². The van der Waals surface area contributed by atoms with E-state index in [-0.39, 0.29) is 33.3 Å². The maximum Gasteiger partial charge on any atom is 0.102 e. The van der Waals surface area contributed by atoms with Gasteiger partial charge in [0.15, 0.2) is 0 Å². The zero-order valence-electron chi connectivity index (χ0n) is 33.7. The second-order valence-corrected chi connectivity index (χ2v) is 20.5. The standard InChI is InChI=1S/3C18H15P.ClH.Ru.H/c3*1-4-10-16(11-5-1)19(17-12-6-2-7-13-17)18-14-8-3-9-15-18;;;/h3*1-15H;1H;;/q;;;;;-1/p+2. The first kappa shape index (κ1) is 45.3. The van der Waals surface area contributed by atoms with Gasteiger partial charge >= 0.3 is 0 Å². The topological polar surface area (TPSA) is 0 Å². The van der Waals surface area contributed by atoms with Crippen molar-refractivity contribution in [2.75, 3.05) is 0 Å². The van der Waals surface area contributed by atoms with Crippen molar-refractivity contribution in [3.05, 3.63) is 273 Å². The zero-order valence-corrected chi connectivity index (χ0v) is 38.1. The molecule has 59 heavy (non-hydrogen) atoms. The van der Waals surface area contributed by atoms with Crippen LogP contribution < -0.4 is 47.7 Å². The smallest absolute Gasteiger partial charge is 0.102 e. The van der Waals surface area contributed by atoms with Crippen LogP contribution in [0.15, 0.2) is 273 Å². The molecule has 5 heteroatoms. The fourth-order valence-corrected chi connectivity index (χ4v) is 14.3. The average molecular weight is 927 g/mol. The van der Waals surface area contributed by atoms with Gasteiger partial charge in [0.1, 0.15) is 31.8 Å². The van der Waals surface area contributed by atoms with Crippen LogP contribution in [0.25, 0.3) is 0 Å². The summed E-state index contributed by atoms with van der Waals surface area (Å²) >= 11 is 0. The first-order chi connectivity index (χ1) is 28.3. The van der Waals surface area contributed by atoms with Crippen molar-refractivity contribution in [3.8, 4) is 0 Å². The molecule has 0 atom stereocenters. The number of hydrogen-bond donors (Lipinski definition) is 0. The second kappa shape index (κ2) is 25.0. The molecule has 0 aromatic heterocycles. The van der Waals surface area contributed by atoms with Gasteiger partial charge in [0.25, 0.3) is 0 Å². The van der Waals surface area contributed by atoms with Crippen LogP contribution in [0.4, 0.5) is 0 Å². The van der Waals surface area contributed by atoms with Gasteiger partial charge in [0.05, 0.1) is 15.8 Å². The molecule has 0 unspecified atom stereocenters. The van der Waals surface area contributed by atoms with Crippen molar-refractivity contribution < 1.29 is 20.9 Å². The predicted molar refractivity (Wildman–Crippen MR) is 267 cm³/mol. The molecule has 0 nitrogen and oxygen atoms in total. The third kappa shape index (κ3) is 13.1. The van der Waals surface area contributed by atoms with Crippen LogP contribution in [0.5, 0.6) is 0 Å². The second-order valence-electron chi connectivity index (χ2n) is 13.3. The molecule has 9 aromatic carbocycles.